The third kappa shape index (κ3) is 6.32. The number of benzene rings is 11. The fourth-order valence-corrected chi connectivity index (χ4v) is 11.1. The molecule has 0 saturated heterocycles. The van der Waals surface area contributed by atoms with Crippen LogP contribution in [0.3, 0.4) is 0 Å². The van der Waals surface area contributed by atoms with Crippen molar-refractivity contribution in [2.45, 2.75) is 25.7 Å². The van der Waals surface area contributed by atoms with Crippen molar-refractivity contribution < 1.29 is 0 Å². The van der Waals surface area contributed by atoms with E-state index in [1.54, 1.807) is 0 Å². The second kappa shape index (κ2) is 15.8. The van der Waals surface area contributed by atoms with Gasteiger partial charge in [-0.05, 0) is 168 Å². The van der Waals surface area contributed by atoms with Crippen LogP contribution in [0.5, 0.6) is 0 Å². The van der Waals surface area contributed by atoms with E-state index in [1.807, 2.05) is 0 Å². The molecule has 2 nitrogen and oxygen atoms in total. The molecular formula is C64H46N2. The Hall–Kier alpha value is -8.20. The van der Waals surface area contributed by atoms with Crippen LogP contribution in [0.1, 0.15) is 22.3 Å². The van der Waals surface area contributed by atoms with Crippen LogP contribution in [-0.4, -0.2) is 0 Å². The normalized spacial score (nSPS) is 13.2. The number of fused-ring (bicyclic) bond motifs is 7. The second-order valence-electron chi connectivity index (χ2n) is 17.9. The van der Waals surface area contributed by atoms with Gasteiger partial charge in [-0.2, -0.15) is 0 Å². The monoisotopic (exact) mass is 842 g/mol. The number of rotatable bonds is 5. The van der Waals surface area contributed by atoms with E-state index in [-0.39, 0.29) is 0 Å². The summed E-state index contributed by atoms with van der Waals surface area (Å²) >= 11 is 0. The maximum Gasteiger partial charge on any atom is 0.0493 e. The van der Waals surface area contributed by atoms with Crippen molar-refractivity contribution >= 4 is 66.4 Å². The fraction of sp³-hybridized carbons (Fsp3) is 0.0625. The van der Waals surface area contributed by atoms with Crippen LogP contribution in [0.4, 0.5) is 34.1 Å². The molecule has 66 heavy (non-hydrogen) atoms. The standard InChI is InChI=1S/C64H46N2/c1-2-21-48(22-3-1)63-55-38-36-52(66-61-30-12-7-19-46(61)34-35-47-20-8-13-31-62(47)66)42-58(55)64(50-25-14-24-49(40-50)54-27-15-23-43-16-4-9-26-53(43)54)56-39-37-51(41-57(56)63)65-59-28-10-5-17-44(59)32-33-45-18-6-11-29-60(45)65/h1-31,36-42H,32-35H2. The molecule has 2 aliphatic heterocycles. The lowest BCUT2D eigenvalue weighted by Gasteiger charge is -2.29. The Bertz CT molecular complexity index is 3580. The highest BCUT2D eigenvalue weighted by molar-refractivity contribution is 6.23. The molecule has 0 bridgehead atoms. The van der Waals surface area contributed by atoms with Crippen LogP contribution in [0.2, 0.25) is 0 Å². The minimum Gasteiger partial charge on any atom is -0.310 e. The first-order valence-corrected chi connectivity index (χ1v) is 23.3. The molecule has 0 spiro atoms. The first-order valence-electron chi connectivity index (χ1n) is 23.3. The van der Waals surface area contributed by atoms with Gasteiger partial charge in [0.25, 0.3) is 0 Å². The van der Waals surface area contributed by atoms with E-state index in [0.717, 1.165) is 37.1 Å². The van der Waals surface area contributed by atoms with Gasteiger partial charge in [-0.1, -0.05) is 176 Å². The molecule has 2 heterocycles. The smallest absolute Gasteiger partial charge is 0.0493 e. The van der Waals surface area contributed by atoms with Crippen LogP contribution >= 0.6 is 0 Å². The van der Waals surface area contributed by atoms with E-state index < -0.39 is 0 Å². The van der Waals surface area contributed by atoms with E-state index >= 15 is 0 Å². The topological polar surface area (TPSA) is 6.48 Å². The maximum atomic E-state index is 2.51. The molecule has 11 aromatic rings. The van der Waals surface area contributed by atoms with Crippen molar-refractivity contribution in [1.82, 2.24) is 0 Å². The van der Waals surface area contributed by atoms with Crippen molar-refractivity contribution in [3.8, 4) is 33.4 Å². The summed E-state index contributed by atoms with van der Waals surface area (Å²) in [4.78, 5) is 5.02. The molecule has 0 saturated carbocycles. The SMILES string of the molecule is c1ccc(-c2c3ccc(N4c5ccccc5CCc5ccccc54)cc3c(-c3cccc(-c4cccc5ccccc45)c3)c3ccc(N4c5ccccc5CCc5ccccc54)cc23)cc1. The largest absolute Gasteiger partial charge is 0.310 e. The Morgan fingerprint density at radius 3 is 1.21 bits per heavy atom. The molecule has 0 unspecified atom stereocenters. The highest BCUT2D eigenvalue weighted by Gasteiger charge is 2.27. The van der Waals surface area contributed by atoms with Gasteiger partial charge in [0.2, 0.25) is 0 Å². The molecular weight excluding hydrogens is 797 g/mol. The Morgan fingerprint density at radius 2 is 0.667 bits per heavy atom. The molecule has 13 rings (SSSR count). The summed E-state index contributed by atoms with van der Waals surface area (Å²) in [6.07, 6.45) is 4.01. The molecule has 0 fully saturated rings. The van der Waals surface area contributed by atoms with Gasteiger partial charge in [-0.3, -0.25) is 0 Å². The first kappa shape index (κ1) is 38.3. The summed E-state index contributed by atoms with van der Waals surface area (Å²) in [5.74, 6) is 0. The average Bonchev–Trinajstić information content (AvgIpc) is 3.66. The van der Waals surface area contributed by atoms with Crippen molar-refractivity contribution in [2.24, 2.45) is 0 Å². The summed E-state index contributed by atoms with van der Waals surface area (Å²) in [5.41, 5.74) is 20.1. The van der Waals surface area contributed by atoms with E-state index in [0.29, 0.717) is 0 Å². The van der Waals surface area contributed by atoms with Crippen LogP contribution in [0.25, 0.3) is 65.7 Å². The summed E-state index contributed by atoms with van der Waals surface area (Å²) in [7, 11) is 0. The lowest BCUT2D eigenvalue weighted by molar-refractivity contribution is 0.977. The second-order valence-corrected chi connectivity index (χ2v) is 17.9. The van der Waals surface area contributed by atoms with E-state index in [2.05, 4.69) is 240 Å². The molecule has 0 aromatic heterocycles. The van der Waals surface area contributed by atoms with E-state index in [9.17, 15) is 0 Å². The van der Waals surface area contributed by atoms with Crippen molar-refractivity contribution in [1.29, 1.82) is 0 Å². The predicted octanol–water partition coefficient (Wildman–Crippen LogP) is 17.3. The predicted molar refractivity (Wildman–Crippen MR) is 279 cm³/mol. The van der Waals surface area contributed by atoms with Gasteiger partial charge in [0, 0.05) is 34.1 Å². The van der Waals surface area contributed by atoms with Crippen LogP contribution in [-0.2, 0) is 25.7 Å². The minimum absolute atomic E-state index is 1.00. The number of para-hydroxylation sites is 4. The number of aryl methyl sites for hydroxylation is 4. The van der Waals surface area contributed by atoms with Gasteiger partial charge in [0.05, 0.1) is 0 Å². The van der Waals surface area contributed by atoms with Gasteiger partial charge >= 0.3 is 0 Å². The van der Waals surface area contributed by atoms with Crippen molar-refractivity contribution in [3.63, 3.8) is 0 Å². The Balaban J connectivity index is 1.13. The lowest BCUT2D eigenvalue weighted by Crippen LogP contribution is -2.12. The zero-order valence-electron chi connectivity index (χ0n) is 36.7. The summed E-state index contributed by atoms with van der Waals surface area (Å²) in [6.45, 7) is 0. The first-order chi connectivity index (χ1) is 32.7. The third-order valence-corrected chi connectivity index (χ3v) is 14.2. The van der Waals surface area contributed by atoms with Crippen LogP contribution < -0.4 is 9.80 Å². The molecule has 0 atom stereocenters. The molecule has 0 amide bonds. The molecule has 0 N–H and O–H groups in total. The quantitative estimate of drug-likeness (QED) is 0.159. The summed E-state index contributed by atoms with van der Waals surface area (Å²) in [5, 5.41) is 7.42. The summed E-state index contributed by atoms with van der Waals surface area (Å²) in [6, 6.07) is 86.1. The molecule has 2 heteroatoms. The van der Waals surface area contributed by atoms with E-state index in [1.165, 1.54) is 111 Å². The van der Waals surface area contributed by atoms with Crippen LogP contribution in [0, 0.1) is 0 Å². The molecule has 2 aliphatic rings. The third-order valence-electron chi connectivity index (χ3n) is 14.2. The number of nitrogens with zero attached hydrogens (tertiary/aromatic N) is 2. The fourth-order valence-electron chi connectivity index (χ4n) is 11.1. The van der Waals surface area contributed by atoms with Crippen LogP contribution in [0.15, 0.2) is 231 Å². The number of hydrogen-bond donors (Lipinski definition) is 0. The van der Waals surface area contributed by atoms with Crippen molar-refractivity contribution in [3.05, 3.63) is 253 Å². The molecule has 0 aliphatic carbocycles. The van der Waals surface area contributed by atoms with Crippen molar-refractivity contribution in [2.75, 3.05) is 9.80 Å². The molecule has 11 aromatic carbocycles. The highest BCUT2D eigenvalue weighted by Crippen LogP contribution is 2.50. The zero-order chi connectivity index (χ0) is 43.6. The Labute approximate surface area is 386 Å². The Morgan fingerprint density at radius 1 is 0.258 bits per heavy atom. The Kier molecular flexibility index (Phi) is 9.16. The maximum absolute atomic E-state index is 2.51. The molecule has 0 radical (unpaired) electrons. The lowest BCUT2D eigenvalue weighted by atomic mass is 9.84. The summed E-state index contributed by atoms with van der Waals surface area (Å²) < 4.78 is 0. The number of anilines is 6. The van der Waals surface area contributed by atoms with Gasteiger partial charge in [-0.15, -0.1) is 0 Å². The van der Waals surface area contributed by atoms with Gasteiger partial charge < -0.3 is 9.80 Å². The zero-order valence-corrected chi connectivity index (χ0v) is 36.7. The van der Waals surface area contributed by atoms with Gasteiger partial charge in [-0.25, -0.2) is 0 Å². The highest BCUT2D eigenvalue weighted by atomic mass is 15.2. The molecule has 312 valence electrons. The van der Waals surface area contributed by atoms with Gasteiger partial charge in [0.15, 0.2) is 0 Å². The average molecular weight is 843 g/mol. The number of hydrogen-bond acceptors (Lipinski definition) is 2. The van der Waals surface area contributed by atoms with E-state index in [4.69, 9.17) is 0 Å². The van der Waals surface area contributed by atoms with Gasteiger partial charge in [0.1, 0.15) is 0 Å². The minimum atomic E-state index is 1.00.